The number of nitrogens with one attached hydrogen (secondary N) is 2. The SMILES string of the molecule is CCN(CC(=O)O)C1CC(NC(=O)Nc2cc(C)c(Cl)c(C)c2)C1. The summed E-state index contributed by atoms with van der Waals surface area (Å²) in [6, 6.07) is 3.72. The standard InChI is InChI=1S/C17H24ClN3O3/c1-4-21(9-15(22)23)14-7-13(8-14)20-17(24)19-12-5-10(2)16(18)11(3)6-12/h5-6,13-14H,4,7-9H2,1-3H3,(H,22,23)(H2,19,20,24). The van der Waals surface area contributed by atoms with Gasteiger partial charge < -0.3 is 15.7 Å². The number of rotatable bonds is 6. The lowest BCUT2D eigenvalue weighted by Gasteiger charge is -2.42. The molecule has 0 heterocycles. The summed E-state index contributed by atoms with van der Waals surface area (Å²) in [4.78, 5) is 24.8. The van der Waals surface area contributed by atoms with Gasteiger partial charge in [0.25, 0.3) is 0 Å². The van der Waals surface area contributed by atoms with Crippen molar-refractivity contribution in [3.63, 3.8) is 0 Å². The number of benzene rings is 1. The first-order valence-corrected chi connectivity index (χ1v) is 8.48. The van der Waals surface area contributed by atoms with Crippen LogP contribution in [0, 0.1) is 13.8 Å². The molecular formula is C17H24ClN3O3. The Kier molecular flexibility index (Phi) is 6.07. The van der Waals surface area contributed by atoms with Crippen LogP contribution in [0.3, 0.4) is 0 Å². The first-order chi connectivity index (χ1) is 11.3. The molecule has 0 unspecified atom stereocenters. The van der Waals surface area contributed by atoms with E-state index in [0.29, 0.717) is 17.3 Å². The predicted octanol–water partition coefficient (Wildman–Crippen LogP) is 3.02. The number of halogens is 1. The minimum absolute atomic E-state index is 0.0451. The van der Waals surface area contributed by atoms with E-state index in [-0.39, 0.29) is 24.7 Å². The van der Waals surface area contributed by atoms with Crippen molar-refractivity contribution in [2.45, 2.75) is 45.7 Å². The number of carboxylic acids is 1. The summed E-state index contributed by atoms with van der Waals surface area (Å²) in [6.45, 7) is 6.48. The van der Waals surface area contributed by atoms with E-state index >= 15 is 0 Å². The maximum Gasteiger partial charge on any atom is 0.319 e. The molecule has 7 heteroatoms. The van der Waals surface area contributed by atoms with E-state index in [9.17, 15) is 9.59 Å². The Labute approximate surface area is 147 Å². The van der Waals surface area contributed by atoms with Crippen molar-refractivity contribution in [1.82, 2.24) is 10.2 Å². The van der Waals surface area contributed by atoms with Crippen LogP contribution in [0.2, 0.25) is 5.02 Å². The Morgan fingerprint density at radius 3 is 2.38 bits per heavy atom. The Morgan fingerprint density at radius 1 is 1.29 bits per heavy atom. The number of carbonyl (C=O) groups excluding carboxylic acids is 1. The molecule has 1 aliphatic rings. The maximum absolute atomic E-state index is 12.1. The minimum Gasteiger partial charge on any atom is -0.480 e. The largest absolute Gasteiger partial charge is 0.480 e. The molecule has 1 aliphatic carbocycles. The monoisotopic (exact) mass is 353 g/mol. The summed E-state index contributed by atoms with van der Waals surface area (Å²) in [5, 5.41) is 15.3. The van der Waals surface area contributed by atoms with Gasteiger partial charge in [-0.05, 0) is 56.5 Å². The summed E-state index contributed by atoms with van der Waals surface area (Å²) in [6.07, 6.45) is 1.54. The van der Waals surface area contributed by atoms with E-state index in [1.807, 2.05) is 37.8 Å². The number of aryl methyl sites for hydroxylation is 2. The average Bonchev–Trinajstić information content (AvgIpc) is 2.45. The highest BCUT2D eigenvalue weighted by atomic mass is 35.5. The van der Waals surface area contributed by atoms with E-state index in [0.717, 1.165) is 24.0 Å². The molecule has 0 aromatic heterocycles. The number of aliphatic carboxylic acids is 1. The topological polar surface area (TPSA) is 81.7 Å². The molecule has 1 aromatic carbocycles. The lowest BCUT2D eigenvalue weighted by Crippen LogP contribution is -2.55. The molecule has 6 nitrogen and oxygen atoms in total. The number of hydrogen-bond acceptors (Lipinski definition) is 3. The lowest BCUT2D eigenvalue weighted by atomic mass is 9.85. The van der Waals surface area contributed by atoms with Gasteiger partial charge in [0.1, 0.15) is 0 Å². The number of amides is 2. The Balaban J connectivity index is 1.82. The molecule has 2 amide bonds. The molecule has 0 aliphatic heterocycles. The molecule has 2 rings (SSSR count). The number of nitrogens with zero attached hydrogens (tertiary/aromatic N) is 1. The maximum atomic E-state index is 12.1. The van der Waals surface area contributed by atoms with Crippen molar-refractivity contribution >= 4 is 29.3 Å². The number of anilines is 1. The van der Waals surface area contributed by atoms with Gasteiger partial charge in [0.05, 0.1) is 6.54 Å². The van der Waals surface area contributed by atoms with Crippen LogP contribution in [-0.4, -0.2) is 47.2 Å². The lowest BCUT2D eigenvalue weighted by molar-refractivity contribution is -0.139. The summed E-state index contributed by atoms with van der Waals surface area (Å²) >= 11 is 6.12. The fourth-order valence-corrected chi connectivity index (χ4v) is 3.16. The first-order valence-electron chi connectivity index (χ1n) is 8.10. The van der Waals surface area contributed by atoms with Gasteiger partial charge in [0, 0.05) is 22.8 Å². The van der Waals surface area contributed by atoms with Crippen molar-refractivity contribution < 1.29 is 14.7 Å². The van der Waals surface area contributed by atoms with E-state index < -0.39 is 5.97 Å². The summed E-state index contributed by atoms with van der Waals surface area (Å²) in [7, 11) is 0. The fourth-order valence-electron chi connectivity index (χ4n) is 3.05. The van der Waals surface area contributed by atoms with Crippen molar-refractivity contribution in [2.24, 2.45) is 0 Å². The quantitative estimate of drug-likeness (QED) is 0.734. The predicted molar refractivity (Wildman–Crippen MR) is 94.8 cm³/mol. The van der Waals surface area contributed by atoms with Crippen LogP contribution in [0.25, 0.3) is 0 Å². The molecule has 0 spiro atoms. The summed E-state index contributed by atoms with van der Waals surface area (Å²) < 4.78 is 0. The third kappa shape index (κ3) is 4.61. The van der Waals surface area contributed by atoms with Gasteiger partial charge in [-0.2, -0.15) is 0 Å². The van der Waals surface area contributed by atoms with Gasteiger partial charge in [0.15, 0.2) is 0 Å². The second-order valence-electron chi connectivity index (χ2n) is 6.30. The summed E-state index contributed by atoms with van der Waals surface area (Å²) in [5.74, 6) is -0.820. The highest BCUT2D eigenvalue weighted by molar-refractivity contribution is 6.32. The molecule has 1 fully saturated rings. The summed E-state index contributed by atoms with van der Waals surface area (Å²) in [5.41, 5.74) is 2.55. The van der Waals surface area contributed by atoms with Crippen LogP contribution in [0.5, 0.6) is 0 Å². The Bertz CT molecular complexity index is 607. The second-order valence-corrected chi connectivity index (χ2v) is 6.68. The zero-order valence-corrected chi connectivity index (χ0v) is 15.0. The van der Waals surface area contributed by atoms with Gasteiger partial charge in [-0.3, -0.25) is 9.69 Å². The average molecular weight is 354 g/mol. The van der Waals surface area contributed by atoms with Crippen molar-refractivity contribution in [3.05, 3.63) is 28.3 Å². The van der Waals surface area contributed by atoms with Gasteiger partial charge in [-0.15, -0.1) is 0 Å². The van der Waals surface area contributed by atoms with Crippen molar-refractivity contribution in [1.29, 1.82) is 0 Å². The van der Waals surface area contributed by atoms with E-state index in [2.05, 4.69) is 10.6 Å². The zero-order valence-electron chi connectivity index (χ0n) is 14.2. The van der Waals surface area contributed by atoms with Crippen LogP contribution >= 0.6 is 11.6 Å². The second kappa shape index (κ2) is 7.85. The molecule has 0 bridgehead atoms. The molecule has 132 valence electrons. The highest BCUT2D eigenvalue weighted by Crippen LogP contribution is 2.26. The molecule has 3 N–H and O–H groups in total. The molecule has 1 saturated carbocycles. The number of urea groups is 1. The normalized spacial score (nSPS) is 19.7. The van der Waals surface area contributed by atoms with Gasteiger partial charge in [0.2, 0.25) is 0 Å². The Hall–Kier alpha value is -1.79. The third-order valence-corrected chi connectivity index (χ3v) is 5.00. The molecule has 0 radical (unpaired) electrons. The van der Waals surface area contributed by atoms with Crippen LogP contribution in [-0.2, 0) is 4.79 Å². The third-order valence-electron chi connectivity index (χ3n) is 4.40. The van der Waals surface area contributed by atoms with Crippen LogP contribution < -0.4 is 10.6 Å². The van der Waals surface area contributed by atoms with Crippen molar-refractivity contribution in [3.8, 4) is 0 Å². The van der Waals surface area contributed by atoms with E-state index in [4.69, 9.17) is 16.7 Å². The van der Waals surface area contributed by atoms with Gasteiger partial charge >= 0.3 is 12.0 Å². The van der Waals surface area contributed by atoms with Crippen molar-refractivity contribution in [2.75, 3.05) is 18.4 Å². The molecule has 0 atom stereocenters. The number of hydrogen-bond donors (Lipinski definition) is 3. The molecule has 0 saturated heterocycles. The molecular weight excluding hydrogens is 330 g/mol. The molecule has 24 heavy (non-hydrogen) atoms. The highest BCUT2D eigenvalue weighted by Gasteiger charge is 2.34. The fraction of sp³-hybridized carbons (Fsp3) is 0.529. The van der Waals surface area contributed by atoms with E-state index in [1.165, 1.54) is 0 Å². The van der Waals surface area contributed by atoms with Gasteiger partial charge in [-0.25, -0.2) is 4.79 Å². The van der Waals surface area contributed by atoms with Crippen LogP contribution in [0.4, 0.5) is 10.5 Å². The number of carbonyl (C=O) groups is 2. The zero-order chi connectivity index (χ0) is 17.9. The Morgan fingerprint density at radius 2 is 1.88 bits per heavy atom. The van der Waals surface area contributed by atoms with Gasteiger partial charge in [-0.1, -0.05) is 18.5 Å². The number of likely N-dealkylation sites (N-methyl/N-ethyl adjacent to an activating group) is 1. The smallest absolute Gasteiger partial charge is 0.319 e. The first kappa shape index (κ1) is 18.5. The number of carboxylic acid groups (broad SMARTS) is 1. The van der Waals surface area contributed by atoms with Crippen LogP contribution in [0.1, 0.15) is 30.9 Å². The minimum atomic E-state index is -0.820. The van der Waals surface area contributed by atoms with Crippen LogP contribution in [0.15, 0.2) is 12.1 Å². The molecule has 1 aromatic rings. The van der Waals surface area contributed by atoms with E-state index in [1.54, 1.807) is 0 Å².